The number of likely N-dealkylation sites (N-methyl/N-ethyl adjacent to an activating group) is 1. The van der Waals surface area contributed by atoms with Crippen LogP contribution in [0.25, 0.3) is 0 Å². The van der Waals surface area contributed by atoms with Crippen molar-refractivity contribution >= 4 is 23.2 Å². The number of nitrogens with one attached hydrogen (secondary N) is 1. The highest BCUT2D eigenvalue weighted by Crippen LogP contribution is 2.22. The van der Waals surface area contributed by atoms with E-state index in [9.17, 15) is 9.59 Å². The summed E-state index contributed by atoms with van der Waals surface area (Å²) in [5.74, 6) is -0.0833. The number of benzene rings is 1. The van der Waals surface area contributed by atoms with Crippen LogP contribution in [0.2, 0.25) is 0 Å². The van der Waals surface area contributed by atoms with E-state index in [0.29, 0.717) is 13.0 Å². The molecule has 2 amide bonds. The summed E-state index contributed by atoms with van der Waals surface area (Å²) in [4.78, 5) is 30.2. The number of nitrogens with zero attached hydrogens (tertiary/aromatic N) is 3. The fraction of sp³-hybridized carbons (Fsp3) is 0.579. The van der Waals surface area contributed by atoms with E-state index >= 15 is 0 Å². The van der Waals surface area contributed by atoms with Crippen molar-refractivity contribution in [2.45, 2.75) is 33.2 Å². The Hall–Kier alpha value is -2.08. The first-order valence-electron chi connectivity index (χ1n) is 8.98. The molecule has 1 saturated heterocycles. The van der Waals surface area contributed by atoms with E-state index in [1.165, 1.54) is 12.6 Å². The van der Waals surface area contributed by atoms with Gasteiger partial charge in [0.05, 0.1) is 0 Å². The largest absolute Gasteiger partial charge is 0.369 e. The van der Waals surface area contributed by atoms with Crippen molar-refractivity contribution in [1.29, 1.82) is 0 Å². The van der Waals surface area contributed by atoms with Crippen molar-refractivity contribution in [2.75, 3.05) is 49.6 Å². The second kappa shape index (κ2) is 8.85. The van der Waals surface area contributed by atoms with Crippen LogP contribution in [0.3, 0.4) is 0 Å². The van der Waals surface area contributed by atoms with Crippen molar-refractivity contribution in [3.05, 3.63) is 24.3 Å². The molecule has 6 nitrogen and oxygen atoms in total. The minimum atomic E-state index is -0.0512. The summed E-state index contributed by atoms with van der Waals surface area (Å²) in [7, 11) is 2.14. The van der Waals surface area contributed by atoms with E-state index in [1.807, 2.05) is 26.0 Å². The summed E-state index contributed by atoms with van der Waals surface area (Å²) in [6.07, 6.45) is 0.304. The van der Waals surface area contributed by atoms with E-state index in [1.54, 1.807) is 4.90 Å². The predicted molar refractivity (Wildman–Crippen MR) is 102 cm³/mol. The van der Waals surface area contributed by atoms with Crippen LogP contribution in [0.5, 0.6) is 0 Å². The smallest absolute Gasteiger partial charge is 0.223 e. The molecular formula is C19H30N4O2. The van der Waals surface area contributed by atoms with Gasteiger partial charge in [0.1, 0.15) is 0 Å². The summed E-state index contributed by atoms with van der Waals surface area (Å²) < 4.78 is 0. The number of carbonyl (C=O) groups is 2. The van der Waals surface area contributed by atoms with E-state index < -0.39 is 0 Å². The first kappa shape index (κ1) is 19.2. The highest BCUT2D eigenvalue weighted by atomic mass is 16.2. The van der Waals surface area contributed by atoms with Gasteiger partial charge in [0.2, 0.25) is 11.8 Å². The molecule has 1 N–H and O–H groups in total. The Bertz CT molecular complexity index is 578. The van der Waals surface area contributed by atoms with Crippen LogP contribution >= 0.6 is 0 Å². The van der Waals surface area contributed by atoms with Crippen LogP contribution in [-0.4, -0.2) is 62.5 Å². The maximum atomic E-state index is 12.0. The van der Waals surface area contributed by atoms with Gasteiger partial charge in [0, 0.05) is 63.5 Å². The van der Waals surface area contributed by atoms with Gasteiger partial charge in [-0.25, -0.2) is 0 Å². The van der Waals surface area contributed by atoms with E-state index in [0.717, 1.165) is 31.9 Å². The standard InChI is InChI=1S/C19H30N4O2/c1-15(2)20-19(25)9-10-23(16(3)24)18-7-5-17(6-8-18)22-13-11-21(4)12-14-22/h5-8,15H,9-14H2,1-4H3,(H,20,25). The minimum Gasteiger partial charge on any atom is -0.369 e. The van der Waals surface area contributed by atoms with Crippen molar-refractivity contribution < 1.29 is 9.59 Å². The summed E-state index contributed by atoms with van der Waals surface area (Å²) in [5.41, 5.74) is 2.01. The van der Waals surface area contributed by atoms with Crippen LogP contribution < -0.4 is 15.1 Å². The van der Waals surface area contributed by atoms with Gasteiger partial charge in [-0.3, -0.25) is 9.59 Å². The summed E-state index contributed by atoms with van der Waals surface area (Å²) in [6, 6.07) is 8.17. The zero-order valence-corrected chi connectivity index (χ0v) is 15.8. The maximum Gasteiger partial charge on any atom is 0.223 e. The highest BCUT2D eigenvalue weighted by molar-refractivity contribution is 5.92. The molecule has 0 aromatic heterocycles. The Morgan fingerprint density at radius 2 is 1.72 bits per heavy atom. The predicted octanol–water partition coefficient (Wildman–Crippen LogP) is 1.71. The lowest BCUT2D eigenvalue weighted by Crippen LogP contribution is -2.44. The second-order valence-electron chi connectivity index (χ2n) is 6.95. The van der Waals surface area contributed by atoms with Gasteiger partial charge in [-0.05, 0) is 45.2 Å². The lowest BCUT2D eigenvalue weighted by molar-refractivity contribution is -0.121. The number of piperazine rings is 1. The number of carbonyl (C=O) groups excluding carboxylic acids is 2. The Morgan fingerprint density at radius 3 is 2.24 bits per heavy atom. The van der Waals surface area contributed by atoms with Gasteiger partial charge in [-0.2, -0.15) is 0 Å². The van der Waals surface area contributed by atoms with Crippen molar-refractivity contribution in [2.24, 2.45) is 0 Å². The highest BCUT2D eigenvalue weighted by Gasteiger charge is 2.16. The molecule has 1 aromatic carbocycles. The van der Waals surface area contributed by atoms with Gasteiger partial charge in [0.15, 0.2) is 0 Å². The quantitative estimate of drug-likeness (QED) is 0.852. The monoisotopic (exact) mass is 346 g/mol. The molecule has 1 heterocycles. The Morgan fingerprint density at radius 1 is 1.12 bits per heavy atom. The number of hydrogen-bond donors (Lipinski definition) is 1. The van der Waals surface area contributed by atoms with E-state index in [4.69, 9.17) is 0 Å². The molecule has 0 atom stereocenters. The van der Waals surface area contributed by atoms with Crippen molar-refractivity contribution in [1.82, 2.24) is 10.2 Å². The molecule has 0 saturated carbocycles. The molecule has 25 heavy (non-hydrogen) atoms. The van der Waals surface area contributed by atoms with Crippen LogP contribution in [0.4, 0.5) is 11.4 Å². The van der Waals surface area contributed by atoms with Crippen molar-refractivity contribution in [3.8, 4) is 0 Å². The first-order chi connectivity index (χ1) is 11.9. The molecular weight excluding hydrogens is 316 g/mol. The minimum absolute atomic E-state index is 0.0321. The number of amides is 2. The third-order valence-corrected chi connectivity index (χ3v) is 4.42. The average molecular weight is 346 g/mol. The average Bonchev–Trinajstić information content (AvgIpc) is 2.55. The molecule has 0 bridgehead atoms. The second-order valence-corrected chi connectivity index (χ2v) is 6.95. The fourth-order valence-corrected chi connectivity index (χ4v) is 2.98. The zero-order chi connectivity index (χ0) is 18.4. The number of hydrogen-bond acceptors (Lipinski definition) is 4. The Balaban J connectivity index is 1.99. The topological polar surface area (TPSA) is 55.9 Å². The molecule has 2 rings (SSSR count). The van der Waals surface area contributed by atoms with E-state index in [2.05, 4.69) is 34.3 Å². The Kier molecular flexibility index (Phi) is 6.82. The van der Waals surface area contributed by atoms with E-state index in [-0.39, 0.29) is 17.9 Å². The van der Waals surface area contributed by atoms with Crippen LogP contribution in [0.1, 0.15) is 27.2 Å². The number of rotatable bonds is 6. The molecule has 6 heteroatoms. The molecule has 0 unspecified atom stereocenters. The molecule has 0 aliphatic carbocycles. The maximum absolute atomic E-state index is 12.0. The number of anilines is 2. The van der Waals surface area contributed by atoms with Crippen LogP contribution in [0, 0.1) is 0 Å². The molecule has 1 fully saturated rings. The van der Waals surface area contributed by atoms with Gasteiger partial charge in [-0.1, -0.05) is 0 Å². The molecule has 1 aliphatic heterocycles. The normalized spacial score (nSPS) is 15.3. The molecule has 0 radical (unpaired) electrons. The SMILES string of the molecule is CC(=O)N(CCC(=O)NC(C)C)c1ccc(N2CCN(C)CC2)cc1. The third kappa shape index (κ3) is 5.74. The Labute approximate surface area is 150 Å². The van der Waals surface area contributed by atoms with Gasteiger partial charge >= 0.3 is 0 Å². The van der Waals surface area contributed by atoms with Gasteiger partial charge in [-0.15, -0.1) is 0 Å². The first-order valence-corrected chi connectivity index (χ1v) is 8.98. The summed E-state index contributed by atoms with van der Waals surface area (Å²) >= 11 is 0. The molecule has 1 aliphatic rings. The van der Waals surface area contributed by atoms with Crippen LogP contribution in [0.15, 0.2) is 24.3 Å². The lowest BCUT2D eigenvalue weighted by atomic mass is 10.2. The van der Waals surface area contributed by atoms with Crippen LogP contribution in [-0.2, 0) is 9.59 Å². The lowest BCUT2D eigenvalue weighted by Gasteiger charge is -2.34. The molecule has 0 spiro atoms. The third-order valence-electron chi connectivity index (χ3n) is 4.42. The summed E-state index contributed by atoms with van der Waals surface area (Å²) in [6.45, 7) is 9.94. The zero-order valence-electron chi connectivity index (χ0n) is 15.8. The fourth-order valence-electron chi connectivity index (χ4n) is 2.98. The van der Waals surface area contributed by atoms with Gasteiger partial charge in [0.25, 0.3) is 0 Å². The van der Waals surface area contributed by atoms with Crippen molar-refractivity contribution in [3.63, 3.8) is 0 Å². The van der Waals surface area contributed by atoms with Gasteiger partial charge < -0.3 is 20.0 Å². The molecule has 1 aromatic rings. The summed E-state index contributed by atoms with van der Waals surface area (Å²) in [5, 5.41) is 2.86. The molecule has 138 valence electrons.